The van der Waals surface area contributed by atoms with Gasteiger partial charge in [0.25, 0.3) is 0 Å². The monoisotopic (exact) mass is 216 g/mol. The second-order valence-corrected chi connectivity index (χ2v) is 3.22. The van der Waals surface area contributed by atoms with Crippen LogP contribution in [-0.4, -0.2) is 21.7 Å². The first-order valence-electron chi connectivity index (χ1n) is 5.04. The molecule has 0 saturated carbocycles. The van der Waals surface area contributed by atoms with Crippen molar-refractivity contribution in [2.75, 3.05) is 6.61 Å². The van der Waals surface area contributed by atoms with Crippen molar-refractivity contribution < 1.29 is 9.84 Å². The smallest absolute Gasteiger partial charge is 0.159 e. The molecule has 1 aromatic heterocycles. The maximum absolute atomic E-state index is 9.16. The van der Waals surface area contributed by atoms with Gasteiger partial charge in [0.15, 0.2) is 11.6 Å². The average molecular weight is 216 g/mol. The van der Waals surface area contributed by atoms with E-state index in [4.69, 9.17) is 9.84 Å². The predicted molar refractivity (Wildman–Crippen MR) is 60.3 cm³/mol. The van der Waals surface area contributed by atoms with Crippen molar-refractivity contribution in [3.63, 3.8) is 0 Å². The summed E-state index contributed by atoms with van der Waals surface area (Å²) in [5, 5.41) is 9.16. The maximum Gasteiger partial charge on any atom is 0.159 e. The van der Waals surface area contributed by atoms with E-state index < -0.39 is 0 Å². The molecule has 2 aromatic rings. The zero-order valence-corrected chi connectivity index (χ0v) is 8.92. The molecule has 0 aliphatic carbocycles. The van der Waals surface area contributed by atoms with Gasteiger partial charge in [0.05, 0.1) is 19.0 Å². The Kier molecular flexibility index (Phi) is 3.00. The minimum Gasteiger partial charge on any atom is -0.508 e. The predicted octanol–water partition coefficient (Wildman–Crippen LogP) is 2.25. The fourth-order valence-electron chi connectivity index (χ4n) is 1.32. The van der Waals surface area contributed by atoms with Crippen LogP contribution in [0.3, 0.4) is 0 Å². The van der Waals surface area contributed by atoms with E-state index in [1.807, 2.05) is 6.92 Å². The van der Waals surface area contributed by atoms with E-state index in [2.05, 4.69) is 9.97 Å². The van der Waals surface area contributed by atoms with Gasteiger partial charge in [-0.05, 0) is 31.2 Å². The van der Waals surface area contributed by atoms with Crippen molar-refractivity contribution in [3.8, 4) is 22.9 Å². The summed E-state index contributed by atoms with van der Waals surface area (Å²) >= 11 is 0. The number of hydrogen-bond donors (Lipinski definition) is 1. The lowest BCUT2D eigenvalue weighted by molar-refractivity contribution is 0.337. The highest BCUT2D eigenvalue weighted by atomic mass is 16.5. The fraction of sp³-hybridized carbons (Fsp3) is 0.167. The minimum atomic E-state index is 0.231. The second kappa shape index (κ2) is 4.61. The van der Waals surface area contributed by atoms with Gasteiger partial charge in [-0.1, -0.05) is 0 Å². The molecule has 0 spiro atoms. The van der Waals surface area contributed by atoms with Crippen LogP contribution in [0.25, 0.3) is 11.4 Å². The molecule has 1 N–H and O–H groups in total. The van der Waals surface area contributed by atoms with Crippen molar-refractivity contribution in [2.45, 2.75) is 6.92 Å². The molecule has 0 unspecified atom stereocenters. The van der Waals surface area contributed by atoms with E-state index in [9.17, 15) is 0 Å². The van der Waals surface area contributed by atoms with Crippen molar-refractivity contribution in [1.82, 2.24) is 9.97 Å². The van der Waals surface area contributed by atoms with E-state index in [0.717, 1.165) is 5.56 Å². The Labute approximate surface area is 93.6 Å². The quantitative estimate of drug-likeness (QED) is 0.854. The average Bonchev–Trinajstić information content (AvgIpc) is 2.32. The highest BCUT2D eigenvalue weighted by molar-refractivity contribution is 5.55. The summed E-state index contributed by atoms with van der Waals surface area (Å²) < 4.78 is 5.25. The Balaban J connectivity index is 2.24. The summed E-state index contributed by atoms with van der Waals surface area (Å²) in [5.74, 6) is 1.50. The largest absolute Gasteiger partial charge is 0.508 e. The van der Waals surface area contributed by atoms with Crippen LogP contribution >= 0.6 is 0 Å². The van der Waals surface area contributed by atoms with Gasteiger partial charge in [-0.2, -0.15) is 0 Å². The van der Waals surface area contributed by atoms with Crippen LogP contribution in [0.5, 0.6) is 11.5 Å². The topological polar surface area (TPSA) is 55.2 Å². The standard InChI is InChI=1S/C12H12N2O2/c1-2-16-11-7-13-12(14-8-11)9-3-5-10(15)6-4-9/h3-8,15H,2H2,1H3. The first-order chi connectivity index (χ1) is 7.79. The fourth-order valence-corrected chi connectivity index (χ4v) is 1.32. The van der Waals surface area contributed by atoms with Crippen LogP contribution in [0.15, 0.2) is 36.7 Å². The van der Waals surface area contributed by atoms with E-state index in [-0.39, 0.29) is 5.75 Å². The SMILES string of the molecule is CCOc1cnc(-c2ccc(O)cc2)nc1. The number of hydrogen-bond acceptors (Lipinski definition) is 4. The molecule has 0 amide bonds. The van der Waals surface area contributed by atoms with Crippen LogP contribution in [0.2, 0.25) is 0 Å². The molecule has 0 saturated heterocycles. The highest BCUT2D eigenvalue weighted by Gasteiger charge is 2.01. The van der Waals surface area contributed by atoms with Crippen molar-refractivity contribution in [1.29, 1.82) is 0 Å². The van der Waals surface area contributed by atoms with Crippen molar-refractivity contribution in [3.05, 3.63) is 36.7 Å². The number of phenolic OH excluding ortho intramolecular Hbond substituents is 1. The molecule has 0 aliphatic heterocycles. The van der Waals surface area contributed by atoms with Gasteiger partial charge in [0, 0.05) is 5.56 Å². The van der Waals surface area contributed by atoms with Gasteiger partial charge in [-0.3, -0.25) is 0 Å². The Morgan fingerprint density at radius 2 is 1.75 bits per heavy atom. The Hall–Kier alpha value is -2.10. The van der Waals surface area contributed by atoms with Crippen LogP contribution in [0.4, 0.5) is 0 Å². The maximum atomic E-state index is 9.16. The van der Waals surface area contributed by atoms with E-state index in [0.29, 0.717) is 18.2 Å². The number of aromatic hydroxyl groups is 1. The summed E-state index contributed by atoms with van der Waals surface area (Å²) in [6.45, 7) is 2.51. The van der Waals surface area contributed by atoms with Gasteiger partial charge in [-0.15, -0.1) is 0 Å². The third-order valence-electron chi connectivity index (χ3n) is 2.06. The lowest BCUT2D eigenvalue weighted by atomic mass is 10.2. The van der Waals surface area contributed by atoms with Gasteiger partial charge in [-0.25, -0.2) is 9.97 Å². The lowest BCUT2D eigenvalue weighted by Crippen LogP contribution is -1.94. The number of nitrogens with zero attached hydrogens (tertiary/aromatic N) is 2. The normalized spacial score (nSPS) is 10.1. The Morgan fingerprint density at radius 1 is 1.12 bits per heavy atom. The third-order valence-corrected chi connectivity index (χ3v) is 2.06. The number of ether oxygens (including phenoxy) is 1. The summed E-state index contributed by atoms with van der Waals surface area (Å²) in [7, 11) is 0. The summed E-state index contributed by atoms with van der Waals surface area (Å²) in [6, 6.07) is 6.75. The molecule has 4 heteroatoms. The highest BCUT2D eigenvalue weighted by Crippen LogP contribution is 2.19. The molecular formula is C12H12N2O2. The molecule has 1 aromatic carbocycles. The molecule has 0 fully saturated rings. The van der Waals surface area contributed by atoms with Crippen LogP contribution in [0, 0.1) is 0 Å². The van der Waals surface area contributed by atoms with Gasteiger partial charge < -0.3 is 9.84 Å². The molecule has 4 nitrogen and oxygen atoms in total. The number of phenols is 1. The molecule has 2 rings (SSSR count). The Bertz CT molecular complexity index is 451. The summed E-state index contributed by atoms with van der Waals surface area (Å²) in [6.07, 6.45) is 3.28. The molecule has 0 atom stereocenters. The molecule has 0 bridgehead atoms. The van der Waals surface area contributed by atoms with Gasteiger partial charge in [0.2, 0.25) is 0 Å². The third kappa shape index (κ3) is 2.28. The summed E-state index contributed by atoms with van der Waals surface area (Å²) in [4.78, 5) is 8.36. The zero-order valence-electron chi connectivity index (χ0n) is 8.92. The van der Waals surface area contributed by atoms with Crippen LogP contribution in [-0.2, 0) is 0 Å². The summed E-state index contributed by atoms with van der Waals surface area (Å²) in [5.41, 5.74) is 0.862. The molecule has 0 radical (unpaired) electrons. The number of rotatable bonds is 3. The van der Waals surface area contributed by atoms with E-state index in [1.54, 1.807) is 36.7 Å². The molecule has 16 heavy (non-hydrogen) atoms. The molecular weight excluding hydrogens is 204 g/mol. The Morgan fingerprint density at radius 3 is 2.31 bits per heavy atom. The minimum absolute atomic E-state index is 0.231. The van der Waals surface area contributed by atoms with E-state index >= 15 is 0 Å². The van der Waals surface area contributed by atoms with Crippen molar-refractivity contribution in [2.24, 2.45) is 0 Å². The van der Waals surface area contributed by atoms with Gasteiger partial charge in [0.1, 0.15) is 5.75 Å². The van der Waals surface area contributed by atoms with Gasteiger partial charge >= 0.3 is 0 Å². The first-order valence-corrected chi connectivity index (χ1v) is 5.04. The molecule has 1 heterocycles. The molecule has 0 aliphatic rings. The first kappa shape index (κ1) is 10.4. The van der Waals surface area contributed by atoms with E-state index in [1.165, 1.54) is 0 Å². The number of benzene rings is 1. The second-order valence-electron chi connectivity index (χ2n) is 3.22. The molecule has 82 valence electrons. The van der Waals surface area contributed by atoms with Crippen molar-refractivity contribution >= 4 is 0 Å². The number of aromatic nitrogens is 2. The van der Waals surface area contributed by atoms with Crippen LogP contribution in [0.1, 0.15) is 6.92 Å². The zero-order chi connectivity index (χ0) is 11.4. The lowest BCUT2D eigenvalue weighted by Gasteiger charge is -2.03. The van der Waals surface area contributed by atoms with Crippen LogP contribution < -0.4 is 4.74 Å².